The van der Waals surface area contributed by atoms with Crippen molar-refractivity contribution in [3.05, 3.63) is 77.4 Å². The first-order valence-electron chi connectivity index (χ1n) is 10.6. The van der Waals surface area contributed by atoms with E-state index in [1.54, 1.807) is 0 Å². The van der Waals surface area contributed by atoms with Crippen LogP contribution in [-0.4, -0.2) is 36.1 Å². The van der Waals surface area contributed by atoms with Gasteiger partial charge < -0.3 is 20.9 Å². The topological polar surface area (TPSA) is 108 Å². The van der Waals surface area contributed by atoms with E-state index in [-0.39, 0.29) is 36.8 Å². The molecule has 1 saturated heterocycles. The predicted octanol–water partition coefficient (Wildman–Crippen LogP) is 4.51. The number of amidine groups is 1. The number of nitrogens with one attached hydrogen (secondary N) is 2. The number of carboxylic acids is 1. The predicted molar refractivity (Wildman–Crippen MR) is 137 cm³/mol. The Balaban J connectivity index is 0.00000193. The van der Waals surface area contributed by atoms with Gasteiger partial charge in [-0.25, -0.2) is 0 Å². The van der Waals surface area contributed by atoms with Gasteiger partial charge in [0.05, 0.1) is 5.92 Å². The second-order valence-corrected chi connectivity index (χ2v) is 8.06. The van der Waals surface area contributed by atoms with Crippen LogP contribution in [0.15, 0.2) is 60.7 Å². The fourth-order valence-electron chi connectivity index (χ4n) is 4.07. The van der Waals surface area contributed by atoms with Crippen molar-refractivity contribution in [2.24, 2.45) is 5.73 Å². The smallest absolute Gasteiger partial charge is 0.311 e. The van der Waals surface area contributed by atoms with Crippen LogP contribution in [0.25, 0.3) is 10.8 Å². The lowest BCUT2D eigenvalue weighted by molar-refractivity contribution is -0.138. The van der Waals surface area contributed by atoms with Gasteiger partial charge in [0.1, 0.15) is 17.7 Å². The van der Waals surface area contributed by atoms with Gasteiger partial charge in [0, 0.05) is 12.1 Å². The number of ether oxygens (including phenoxy) is 1. The van der Waals surface area contributed by atoms with Crippen LogP contribution in [0.2, 0.25) is 0 Å². The second kappa shape index (κ2) is 11.9. The zero-order valence-electron chi connectivity index (χ0n) is 18.1. The van der Waals surface area contributed by atoms with E-state index in [0.29, 0.717) is 12.0 Å². The third-order valence-electron chi connectivity index (χ3n) is 5.79. The molecule has 4 rings (SSSR count). The molecule has 3 aromatic rings. The maximum absolute atomic E-state index is 12.0. The highest BCUT2D eigenvalue weighted by Gasteiger charge is 2.21. The first kappa shape index (κ1) is 26.5. The third kappa shape index (κ3) is 6.60. The number of benzene rings is 3. The molecule has 2 atom stereocenters. The molecule has 0 radical (unpaired) electrons. The maximum Gasteiger partial charge on any atom is 0.311 e. The summed E-state index contributed by atoms with van der Waals surface area (Å²) >= 11 is 0. The lowest BCUT2D eigenvalue weighted by Gasteiger charge is -2.24. The number of halogens is 2. The Morgan fingerprint density at radius 1 is 1.09 bits per heavy atom. The minimum absolute atomic E-state index is 0. The van der Waals surface area contributed by atoms with Gasteiger partial charge in [-0.3, -0.25) is 10.2 Å². The molecule has 0 bridgehead atoms. The zero-order valence-corrected chi connectivity index (χ0v) is 19.8. The summed E-state index contributed by atoms with van der Waals surface area (Å²) < 4.78 is 6.01. The van der Waals surface area contributed by atoms with Crippen LogP contribution < -0.4 is 15.8 Å². The molecule has 1 unspecified atom stereocenters. The highest BCUT2D eigenvalue weighted by molar-refractivity contribution is 5.99. The van der Waals surface area contributed by atoms with E-state index < -0.39 is 11.9 Å². The molecule has 1 aliphatic heterocycles. The number of nitrogen functional groups attached to an aromatic ring is 1. The number of fused-ring (bicyclic) bond motifs is 1. The molecule has 0 spiro atoms. The van der Waals surface area contributed by atoms with Crippen molar-refractivity contribution in [3.63, 3.8) is 0 Å². The van der Waals surface area contributed by atoms with Crippen LogP contribution >= 0.6 is 24.8 Å². The highest BCUT2D eigenvalue weighted by Crippen LogP contribution is 2.27. The van der Waals surface area contributed by atoms with Crippen molar-refractivity contribution in [3.8, 4) is 5.75 Å². The first-order chi connectivity index (χ1) is 15.0. The Morgan fingerprint density at radius 2 is 1.82 bits per heavy atom. The number of carbonyl (C=O) groups is 1. The SMILES string of the molecule is Cl.Cl.N=C(N)c1ccc2ccc(CC(C(=O)O)c3ccc(O[C@@H]4CCCNC4)cc3)cc2c1. The Bertz CT molecular complexity index is 1100. The average molecular weight is 490 g/mol. The van der Waals surface area contributed by atoms with Gasteiger partial charge in [-0.05, 0) is 65.9 Å². The van der Waals surface area contributed by atoms with E-state index >= 15 is 0 Å². The Hall–Kier alpha value is -2.80. The van der Waals surface area contributed by atoms with Gasteiger partial charge in [-0.15, -0.1) is 24.8 Å². The standard InChI is InChI=1S/C25H27N3O3.2ClH/c26-24(27)19-6-5-17-4-3-16(12-20(17)14-19)13-23(25(29)30)18-7-9-21(10-8-18)31-22-2-1-11-28-15-22;;/h3-10,12,14,22-23,28H,1-2,11,13,15H2,(H3,26,27)(H,29,30);2*1H/t22-,23?;;/m1../s1. The highest BCUT2D eigenvalue weighted by atomic mass is 35.5. The van der Waals surface area contributed by atoms with Crippen molar-refractivity contribution in [2.45, 2.75) is 31.3 Å². The summed E-state index contributed by atoms with van der Waals surface area (Å²) in [7, 11) is 0. The molecule has 1 fully saturated rings. The van der Waals surface area contributed by atoms with Crippen LogP contribution in [0.3, 0.4) is 0 Å². The van der Waals surface area contributed by atoms with E-state index in [9.17, 15) is 9.90 Å². The molecule has 5 N–H and O–H groups in total. The van der Waals surface area contributed by atoms with Crippen molar-refractivity contribution < 1.29 is 14.6 Å². The Kier molecular flexibility index (Phi) is 9.53. The molecule has 0 aromatic heterocycles. The number of hydrogen-bond donors (Lipinski definition) is 4. The molecule has 3 aromatic carbocycles. The lowest BCUT2D eigenvalue weighted by atomic mass is 9.91. The summed E-state index contributed by atoms with van der Waals surface area (Å²) in [5.41, 5.74) is 7.93. The number of aliphatic carboxylic acids is 1. The van der Waals surface area contributed by atoms with Crippen LogP contribution in [-0.2, 0) is 11.2 Å². The molecule has 8 heteroatoms. The summed E-state index contributed by atoms with van der Waals surface area (Å²) in [6.45, 7) is 1.87. The number of piperidine rings is 1. The van der Waals surface area contributed by atoms with E-state index in [2.05, 4.69) is 5.32 Å². The van der Waals surface area contributed by atoms with Crippen LogP contribution in [0, 0.1) is 5.41 Å². The molecule has 1 heterocycles. The summed E-state index contributed by atoms with van der Waals surface area (Å²) in [6, 6.07) is 18.9. The fraction of sp³-hybridized carbons (Fsp3) is 0.280. The average Bonchev–Trinajstić information content (AvgIpc) is 2.78. The van der Waals surface area contributed by atoms with Crippen LogP contribution in [0.4, 0.5) is 0 Å². The molecule has 1 aliphatic rings. The molecule has 0 saturated carbocycles. The largest absolute Gasteiger partial charge is 0.489 e. The van der Waals surface area contributed by atoms with Crippen molar-refractivity contribution in [2.75, 3.05) is 13.1 Å². The Labute approximate surface area is 205 Å². The summed E-state index contributed by atoms with van der Waals surface area (Å²) in [6.07, 6.45) is 2.67. The minimum Gasteiger partial charge on any atom is -0.489 e. The third-order valence-corrected chi connectivity index (χ3v) is 5.79. The molecule has 0 aliphatic carbocycles. The number of hydrogen-bond acceptors (Lipinski definition) is 4. The Morgan fingerprint density at radius 3 is 2.45 bits per heavy atom. The fourth-order valence-corrected chi connectivity index (χ4v) is 4.07. The molecule has 33 heavy (non-hydrogen) atoms. The molecule has 0 amide bonds. The monoisotopic (exact) mass is 489 g/mol. The number of carboxylic acid groups (broad SMARTS) is 1. The van der Waals surface area contributed by atoms with Crippen molar-refractivity contribution in [1.29, 1.82) is 5.41 Å². The van der Waals surface area contributed by atoms with Gasteiger partial charge >= 0.3 is 5.97 Å². The number of rotatable bonds is 7. The van der Waals surface area contributed by atoms with Crippen LogP contribution in [0.5, 0.6) is 5.75 Å². The van der Waals surface area contributed by atoms with Crippen molar-refractivity contribution >= 4 is 47.4 Å². The first-order valence-corrected chi connectivity index (χ1v) is 10.6. The summed E-state index contributed by atoms with van der Waals surface area (Å²) in [5.74, 6) is -0.729. The summed E-state index contributed by atoms with van der Waals surface area (Å²) in [4.78, 5) is 12.0. The van der Waals surface area contributed by atoms with Gasteiger partial charge in [-0.2, -0.15) is 0 Å². The van der Waals surface area contributed by atoms with Gasteiger partial charge in [0.25, 0.3) is 0 Å². The molecule has 6 nitrogen and oxygen atoms in total. The van der Waals surface area contributed by atoms with Gasteiger partial charge in [0.2, 0.25) is 0 Å². The summed E-state index contributed by atoms with van der Waals surface area (Å²) in [5, 5.41) is 22.8. The number of nitrogens with two attached hydrogens (primary N) is 1. The molecular weight excluding hydrogens is 461 g/mol. The van der Waals surface area contributed by atoms with E-state index in [1.165, 1.54) is 0 Å². The van der Waals surface area contributed by atoms with E-state index in [4.69, 9.17) is 15.9 Å². The van der Waals surface area contributed by atoms with Gasteiger partial charge in [-0.1, -0.05) is 42.5 Å². The maximum atomic E-state index is 12.0. The van der Waals surface area contributed by atoms with E-state index in [0.717, 1.165) is 53.6 Å². The van der Waals surface area contributed by atoms with E-state index in [1.807, 2.05) is 60.7 Å². The van der Waals surface area contributed by atoms with Gasteiger partial charge in [0.15, 0.2) is 0 Å². The van der Waals surface area contributed by atoms with Crippen molar-refractivity contribution in [1.82, 2.24) is 5.32 Å². The zero-order chi connectivity index (χ0) is 21.8. The molecular formula is C25H29Cl2N3O3. The molecule has 176 valence electrons. The van der Waals surface area contributed by atoms with Crippen LogP contribution in [0.1, 0.15) is 35.4 Å². The minimum atomic E-state index is -0.859. The normalized spacial score (nSPS) is 16.2. The quantitative estimate of drug-likeness (QED) is 0.288. The second-order valence-electron chi connectivity index (χ2n) is 8.06. The lowest BCUT2D eigenvalue weighted by Crippen LogP contribution is -2.37.